The molecule has 1 aromatic heterocycles. The second-order valence-corrected chi connectivity index (χ2v) is 8.31. The summed E-state index contributed by atoms with van der Waals surface area (Å²) in [4.78, 5) is 30.1. The number of rotatable bonds is 6. The second-order valence-electron chi connectivity index (χ2n) is 8.31. The van der Waals surface area contributed by atoms with Crippen molar-refractivity contribution in [3.8, 4) is 0 Å². The highest BCUT2D eigenvalue weighted by Gasteiger charge is 2.35. The van der Waals surface area contributed by atoms with E-state index in [-0.39, 0.29) is 12.7 Å². The summed E-state index contributed by atoms with van der Waals surface area (Å²) in [5, 5.41) is 12.6. The van der Waals surface area contributed by atoms with Crippen molar-refractivity contribution in [3.05, 3.63) is 22.9 Å². The zero-order chi connectivity index (χ0) is 21.7. The molecule has 1 saturated heterocycles. The average molecular weight is 422 g/mol. The van der Waals surface area contributed by atoms with Gasteiger partial charge >= 0.3 is 11.9 Å². The van der Waals surface area contributed by atoms with Crippen molar-refractivity contribution >= 4 is 17.8 Å². The van der Waals surface area contributed by atoms with Crippen molar-refractivity contribution in [2.45, 2.75) is 70.6 Å². The van der Waals surface area contributed by atoms with Crippen LogP contribution >= 0.6 is 0 Å². The maximum absolute atomic E-state index is 12.6. The number of hydrogen-bond donors (Lipinski definition) is 2. The Morgan fingerprint density at radius 1 is 1.17 bits per heavy atom. The number of aromatic amines is 1. The van der Waals surface area contributed by atoms with E-state index in [1.165, 1.54) is 13.5 Å². The fraction of sp³-hybridized carbons (Fsp3) is 0.682. The molecule has 0 amide bonds. The van der Waals surface area contributed by atoms with Gasteiger partial charge in [0.1, 0.15) is 29.0 Å². The molecule has 1 aromatic rings. The standard InChI is InChI=1S/C22H33N3O5/c1-4-30-22(28)17-13-16(21(27)29-3)14(2)23-20(17)25-11-9-15(10-12-25)24-18-7-5-6-8-19(18)26/h13,15,18-19,24,26H,4-12H2,1-3H3/p+2/t18-,19-/m1/s1. The predicted molar refractivity (Wildman–Crippen MR) is 110 cm³/mol. The first-order valence-corrected chi connectivity index (χ1v) is 11.0. The van der Waals surface area contributed by atoms with E-state index in [0.29, 0.717) is 34.7 Å². The molecule has 2 fully saturated rings. The lowest BCUT2D eigenvalue weighted by Gasteiger charge is -2.32. The van der Waals surface area contributed by atoms with Gasteiger partial charge in [0.2, 0.25) is 0 Å². The van der Waals surface area contributed by atoms with Crippen molar-refractivity contribution < 1.29 is 34.5 Å². The summed E-state index contributed by atoms with van der Waals surface area (Å²) in [6.45, 7) is 5.42. The van der Waals surface area contributed by atoms with Gasteiger partial charge in [-0.2, -0.15) is 0 Å². The van der Waals surface area contributed by atoms with Crippen LogP contribution in [-0.4, -0.2) is 62.0 Å². The zero-order valence-electron chi connectivity index (χ0n) is 18.3. The minimum absolute atomic E-state index is 0.200. The highest BCUT2D eigenvalue weighted by atomic mass is 16.5. The number of aliphatic hydroxyl groups excluding tert-OH is 1. The van der Waals surface area contributed by atoms with E-state index < -0.39 is 11.9 Å². The van der Waals surface area contributed by atoms with E-state index in [1.807, 2.05) is 0 Å². The van der Waals surface area contributed by atoms with Crippen LogP contribution < -0.4 is 15.2 Å². The van der Waals surface area contributed by atoms with E-state index in [4.69, 9.17) is 9.47 Å². The third-order valence-corrected chi connectivity index (χ3v) is 6.31. The zero-order valence-corrected chi connectivity index (χ0v) is 18.3. The molecule has 8 nitrogen and oxygen atoms in total. The number of piperidine rings is 1. The van der Waals surface area contributed by atoms with Crippen molar-refractivity contribution in [2.24, 2.45) is 0 Å². The third kappa shape index (κ3) is 5.10. The monoisotopic (exact) mass is 421 g/mol. The second kappa shape index (κ2) is 10.2. The lowest BCUT2D eigenvalue weighted by Crippen LogP contribution is -2.98. The number of H-pyrrole nitrogens is 1. The Labute approximate surface area is 177 Å². The fourth-order valence-electron chi connectivity index (χ4n) is 4.60. The predicted octanol–water partition coefficient (Wildman–Crippen LogP) is 0.608. The van der Waals surface area contributed by atoms with Crippen molar-refractivity contribution in [1.82, 2.24) is 0 Å². The first-order valence-electron chi connectivity index (χ1n) is 11.0. The van der Waals surface area contributed by atoms with Gasteiger partial charge in [0, 0.05) is 19.3 Å². The number of quaternary nitrogens is 1. The van der Waals surface area contributed by atoms with E-state index in [1.54, 1.807) is 19.9 Å². The average Bonchev–Trinajstić information content (AvgIpc) is 2.75. The molecule has 2 atom stereocenters. The smallest absolute Gasteiger partial charge is 0.346 e. The highest BCUT2D eigenvalue weighted by molar-refractivity contribution is 5.98. The maximum Gasteiger partial charge on any atom is 0.346 e. The Morgan fingerprint density at radius 3 is 2.50 bits per heavy atom. The van der Waals surface area contributed by atoms with E-state index in [0.717, 1.165) is 45.2 Å². The number of hydrogen-bond acceptors (Lipinski definition) is 6. The van der Waals surface area contributed by atoms with E-state index in [2.05, 4.69) is 15.2 Å². The molecule has 1 aliphatic carbocycles. The lowest BCUT2D eigenvalue weighted by atomic mass is 9.91. The van der Waals surface area contributed by atoms with Crippen molar-refractivity contribution in [2.75, 3.05) is 31.7 Å². The van der Waals surface area contributed by atoms with Gasteiger partial charge in [-0.15, -0.1) is 0 Å². The van der Waals surface area contributed by atoms with Crippen LogP contribution in [0.5, 0.6) is 0 Å². The summed E-state index contributed by atoms with van der Waals surface area (Å²) in [5.41, 5.74) is 1.34. The Bertz CT molecular complexity index is 761. The molecule has 1 saturated carbocycles. The summed E-state index contributed by atoms with van der Waals surface area (Å²) >= 11 is 0. The molecule has 2 aliphatic rings. The van der Waals surface area contributed by atoms with Crippen LogP contribution in [0.1, 0.15) is 71.9 Å². The van der Waals surface area contributed by atoms with Gasteiger partial charge in [-0.05, 0) is 32.8 Å². The van der Waals surface area contributed by atoms with Crippen LogP contribution in [0.25, 0.3) is 0 Å². The summed E-state index contributed by atoms with van der Waals surface area (Å²) in [6, 6.07) is 2.35. The Morgan fingerprint density at radius 2 is 1.87 bits per heavy atom. The molecule has 30 heavy (non-hydrogen) atoms. The van der Waals surface area contributed by atoms with Gasteiger partial charge in [0.25, 0.3) is 5.82 Å². The third-order valence-electron chi connectivity index (χ3n) is 6.31. The quantitative estimate of drug-likeness (QED) is 0.652. The van der Waals surface area contributed by atoms with Gasteiger partial charge in [-0.3, -0.25) is 4.90 Å². The summed E-state index contributed by atoms with van der Waals surface area (Å²) in [5.74, 6) is -0.247. The van der Waals surface area contributed by atoms with E-state index in [9.17, 15) is 14.7 Å². The van der Waals surface area contributed by atoms with Crippen LogP contribution in [0.3, 0.4) is 0 Å². The maximum atomic E-state index is 12.6. The van der Waals surface area contributed by atoms with Gasteiger partial charge in [-0.25, -0.2) is 14.6 Å². The van der Waals surface area contributed by atoms with Crippen molar-refractivity contribution in [3.63, 3.8) is 0 Å². The van der Waals surface area contributed by atoms with E-state index >= 15 is 0 Å². The number of nitrogens with zero attached hydrogens (tertiary/aromatic N) is 1. The van der Waals surface area contributed by atoms with Gasteiger partial charge < -0.3 is 19.9 Å². The number of nitrogens with two attached hydrogens (primary N) is 1. The number of carbonyl (C=O) groups is 2. The largest absolute Gasteiger partial charge is 0.465 e. The SMILES string of the molecule is CCOC(=O)c1cc(C(=O)OC)c(C)[nH+]c1N1CCC([NH2+][C@@H]2CCCC[C@H]2O)CC1. The van der Waals surface area contributed by atoms with Crippen LogP contribution in [-0.2, 0) is 9.47 Å². The molecule has 3 rings (SSSR count). The number of pyridine rings is 1. The number of anilines is 1. The number of aryl methyl sites for hydroxylation is 1. The first-order chi connectivity index (χ1) is 14.4. The van der Waals surface area contributed by atoms with Crippen LogP contribution in [0.2, 0.25) is 0 Å². The normalized spacial score (nSPS) is 22.6. The van der Waals surface area contributed by atoms with Crippen LogP contribution in [0.4, 0.5) is 5.82 Å². The number of aliphatic hydroxyl groups is 1. The summed E-state index contributed by atoms with van der Waals surface area (Å²) in [6.07, 6.45) is 6.04. The number of aromatic nitrogens is 1. The summed E-state index contributed by atoms with van der Waals surface area (Å²) < 4.78 is 10.1. The summed E-state index contributed by atoms with van der Waals surface area (Å²) in [7, 11) is 1.32. The highest BCUT2D eigenvalue weighted by Crippen LogP contribution is 2.23. The first kappa shape index (κ1) is 22.5. The van der Waals surface area contributed by atoms with Gasteiger partial charge in [0.15, 0.2) is 0 Å². The minimum atomic E-state index is -0.486. The molecular formula is C22H35N3O5+2. The number of nitrogens with one attached hydrogen (secondary N) is 1. The molecular weight excluding hydrogens is 386 g/mol. The Balaban J connectivity index is 1.74. The Hall–Kier alpha value is -2.19. The van der Waals surface area contributed by atoms with Crippen LogP contribution in [0.15, 0.2) is 6.07 Å². The molecule has 2 heterocycles. The number of carbonyl (C=O) groups excluding carboxylic acids is 2. The molecule has 4 N–H and O–H groups in total. The Kier molecular flexibility index (Phi) is 7.66. The van der Waals surface area contributed by atoms with Gasteiger partial charge in [-0.1, -0.05) is 6.42 Å². The molecule has 0 radical (unpaired) electrons. The lowest BCUT2D eigenvalue weighted by molar-refractivity contribution is -0.731. The fourth-order valence-corrected chi connectivity index (χ4v) is 4.60. The molecule has 0 bridgehead atoms. The van der Waals surface area contributed by atoms with Crippen LogP contribution in [0, 0.1) is 6.92 Å². The van der Waals surface area contributed by atoms with Gasteiger partial charge in [0.05, 0.1) is 32.8 Å². The number of methoxy groups -OCH3 is 1. The minimum Gasteiger partial charge on any atom is -0.465 e. The molecule has 1 aliphatic heterocycles. The topological polar surface area (TPSA) is 107 Å². The number of ether oxygens (including phenoxy) is 2. The molecule has 166 valence electrons. The number of esters is 2. The molecule has 0 aromatic carbocycles. The van der Waals surface area contributed by atoms with Crippen molar-refractivity contribution in [1.29, 1.82) is 0 Å². The molecule has 0 unspecified atom stereocenters. The molecule has 0 spiro atoms. The molecule has 8 heteroatoms.